The molecule has 173 valence electrons. The van der Waals surface area contributed by atoms with E-state index in [9.17, 15) is 17.6 Å². The first-order valence-electron chi connectivity index (χ1n) is 10.4. The number of tetrazole rings is 1. The summed E-state index contributed by atoms with van der Waals surface area (Å²) in [6, 6.07) is 6.47. The zero-order valence-corrected chi connectivity index (χ0v) is 18.4. The Hall–Kier alpha value is -3.50. The Kier molecular flexibility index (Phi) is 6.05. The van der Waals surface area contributed by atoms with E-state index in [2.05, 4.69) is 44.1 Å². The van der Waals surface area contributed by atoms with Gasteiger partial charge < -0.3 is 9.47 Å². The van der Waals surface area contributed by atoms with Crippen LogP contribution < -0.4 is 4.90 Å². The lowest BCUT2D eigenvalue weighted by Gasteiger charge is -2.21. The third-order valence-electron chi connectivity index (χ3n) is 5.30. The monoisotopic (exact) mass is 460 g/mol. The molecule has 0 N–H and O–H groups in total. The van der Waals surface area contributed by atoms with Gasteiger partial charge in [-0.15, -0.1) is 5.10 Å². The average Bonchev–Trinajstić information content (AvgIpc) is 3.34. The summed E-state index contributed by atoms with van der Waals surface area (Å²) >= 11 is 0. The molecule has 0 saturated carbocycles. The van der Waals surface area contributed by atoms with Gasteiger partial charge in [0, 0.05) is 36.3 Å². The Morgan fingerprint density at radius 3 is 2.48 bits per heavy atom. The molecule has 1 radical (unpaired) electrons. The standard InChI is InChI=1S/C22H22F4N7/c1-4-19-9-16-6-15(11-27-20(16)33(19)5-2)13-32(21-28-30-31(3)29-21)12-14-7-17(22(24,25)26)10-18(23)8-14/h6-10H,4-5,12-13H2,1-3H3. The summed E-state index contributed by atoms with van der Waals surface area (Å²) in [4.78, 5) is 7.34. The van der Waals surface area contributed by atoms with Gasteiger partial charge in [-0.25, -0.2) is 9.37 Å². The van der Waals surface area contributed by atoms with Crippen molar-refractivity contribution in [2.45, 2.75) is 46.1 Å². The lowest BCUT2D eigenvalue weighted by atomic mass is 10.1. The maximum absolute atomic E-state index is 13.9. The molecule has 0 amide bonds. The maximum Gasteiger partial charge on any atom is 0.416 e. The van der Waals surface area contributed by atoms with Crippen molar-refractivity contribution < 1.29 is 17.6 Å². The van der Waals surface area contributed by atoms with Gasteiger partial charge in [0.05, 0.1) is 18.8 Å². The molecule has 0 atom stereocenters. The summed E-state index contributed by atoms with van der Waals surface area (Å²) in [6.45, 7) is 5.04. The molecular formula is C22H22F4N7. The van der Waals surface area contributed by atoms with Gasteiger partial charge in [-0.1, -0.05) is 12.0 Å². The molecule has 0 unspecified atom stereocenters. The van der Waals surface area contributed by atoms with Crippen molar-refractivity contribution in [1.29, 1.82) is 0 Å². The first kappa shape index (κ1) is 22.7. The Labute approximate surface area is 187 Å². The van der Waals surface area contributed by atoms with Gasteiger partial charge in [-0.2, -0.15) is 18.0 Å². The van der Waals surface area contributed by atoms with E-state index in [1.807, 2.05) is 13.0 Å². The van der Waals surface area contributed by atoms with Crippen molar-refractivity contribution in [3.8, 4) is 0 Å². The maximum atomic E-state index is 13.9. The van der Waals surface area contributed by atoms with Crippen LogP contribution >= 0.6 is 0 Å². The minimum Gasteiger partial charge on any atom is -0.330 e. The predicted octanol–water partition coefficient (Wildman–Crippen LogP) is 4.31. The van der Waals surface area contributed by atoms with Crippen LogP contribution in [0.1, 0.15) is 36.2 Å². The highest BCUT2D eigenvalue weighted by Gasteiger charge is 2.31. The Balaban J connectivity index is 1.68. The fourth-order valence-electron chi connectivity index (χ4n) is 3.85. The van der Waals surface area contributed by atoms with Crippen molar-refractivity contribution in [2.24, 2.45) is 7.05 Å². The highest BCUT2D eigenvalue weighted by Crippen LogP contribution is 2.31. The highest BCUT2D eigenvalue weighted by atomic mass is 19.4. The molecule has 4 aromatic rings. The van der Waals surface area contributed by atoms with E-state index in [1.54, 1.807) is 11.9 Å². The molecule has 0 aliphatic heterocycles. The van der Waals surface area contributed by atoms with Crippen molar-refractivity contribution >= 4 is 17.0 Å². The number of hydrogen-bond acceptors (Lipinski definition) is 5. The molecule has 0 aliphatic rings. The number of anilines is 1. The normalized spacial score (nSPS) is 12.0. The summed E-state index contributed by atoms with van der Waals surface area (Å²) < 4.78 is 55.6. The summed E-state index contributed by atoms with van der Waals surface area (Å²) in [5.74, 6) is -0.765. The van der Waals surface area contributed by atoms with Crippen LogP contribution in [0.2, 0.25) is 0 Å². The van der Waals surface area contributed by atoms with E-state index >= 15 is 0 Å². The van der Waals surface area contributed by atoms with Gasteiger partial charge in [-0.3, -0.25) is 0 Å². The van der Waals surface area contributed by atoms with Crippen LogP contribution in [0.25, 0.3) is 11.0 Å². The third-order valence-corrected chi connectivity index (χ3v) is 5.30. The quantitative estimate of drug-likeness (QED) is 0.385. The highest BCUT2D eigenvalue weighted by molar-refractivity contribution is 5.78. The number of rotatable bonds is 7. The molecule has 0 bridgehead atoms. The molecule has 11 heteroatoms. The molecule has 4 rings (SSSR count). The predicted molar refractivity (Wildman–Crippen MR) is 114 cm³/mol. The molecule has 3 aromatic heterocycles. The zero-order valence-electron chi connectivity index (χ0n) is 18.4. The molecule has 3 heterocycles. The van der Waals surface area contributed by atoms with Crippen LogP contribution in [0, 0.1) is 12.0 Å². The molecular weight excluding hydrogens is 438 g/mol. The van der Waals surface area contributed by atoms with Crippen LogP contribution in [0.3, 0.4) is 0 Å². The van der Waals surface area contributed by atoms with E-state index < -0.39 is 17.6 Å². The number of alkyl halides is 3. The van der Waals surface area contributed by atoms with E-state index in [-0.39, 0.29) is 24.6 Å². The molecule has 0 fully saturated rings. The number of benzene rings is 1. The number of aryl methyl sites for hydroxylation is 3. The topological polar surface area (TPSA) is 64.7 Å². The number of fused-ring (bicyclic) bond motifs is 1. The molecule has 33 heavy (non-hydrogen) atoms. The lowest BCUT2D eigenvalue weighted by Crippen LogP contribution is -2.24. The van der Waals surface area contributed by atoms with Crippen molar-refractivity contribution in [3.63, 3.8) is 0 Å². The van der Waals surface area contributed by atoms with Crippen molar-refractivity contribution in [3.05, 3.63) is 64.7 Å². The van der Waals surface area contributed by atoms with Crippen LogP contribution in [-0.2, 0) is 39.3 Å². The second kappa shape index (κ2) is 8.80. The van der Waals surface area contributed by atoms with Gasteiger partial charge >= 0.3 is 6.18 Å². The largest absolute Gasteiger partial charge is 0.416 e. The Bertz CT molecular complexity index is 1280. The van der Waals surface area contributed by atoms with Crippen molar-refractivity contribution in [2.75, 3.05) is 4.90 Å². The van der Waals surface area contributed by atoms with Crippen LogP contribution in [0.5, 0.6) is 0 Å². The second-order valence-corrected chi connectivity index (χ2v) is 7.69. The summed E-state index contributed by atoms with van der Waals surface area (Å²) in [7, 11) is 1.58. The van der Waals surface area contributed by atoms with Gasteiger partial charge in [0.15, 0.2) is 0 Å². The molecule has 1 aromatic carbocycles. The van der Waals surface area contributed by atoms with E-state index in [1.165, 1.54) is 4.80 Å². The van der Waals surface area contributed by atoms with Gasteiger partial charge in [0.1, 0.15) is 11.5 Å². The van der Waals surface area contributed by atoms with Crippen LogP contribution in [0.4, 0.5) is 23.5 Å². The second-order valence-electron chi connectivity index (χ2n) is 7.69. The summed E-state index contributed by atoms with van der Waals surface area (Å²) in [6.07, 6.45) is -0.783. The smallest absolute Gasteiger partial charge is 0.330 e. The van der Waals surface area contributed by atoms with E-state index in [4.69, 9.17) is 0 Å². The van der Waals surface area contributed by atoms with Gasteiger partial charge in [0.2, 0.25) is 0 Å². The SMILES string of the molecule is CCc1cc2cc(CN(Cc3cc(F)cc(C(F)(F)F)c3)c3nnn(C)n3)[c]nc2n1CC. The van der Waals surface area contributed by atoms with Crippen LogP contribution in [-0.4, -0.2) is 29.8 Å². The van der Waals surface area contributed by atoms with Gasteiger partial charge in [0.25, 0.3) is 5.95 Å². The average molecular weight is 460 g/mol. The fourth-order valence-corrected chi connectivity index (χ4v) is 3.85. The lowest BCUT2D eigenvalue weighted by molar-refractivity contribution is -0.137. The number of halogens is 4. The minimum absolute atomic E-state index is 0.0609. The van der Waals surface area contributed by atoms with Crippen LogP contribution in [0.15, 0.2) is 30.3 Å². The number of pyridine rings is 1. The molecule has 7 nitrogen and oxygen atoms in total. The van der Waals surface area contributed by atoms with Gasteiger partial charge in [-0.05, 0) is 54.5 Å². The zero-order chi connectivity index (χ0) is 23.8. The molecule has 0 spiro atoms. The first-order valence-corrected chi connectivity index (χ1v) is 10.4. The van der Waals surface area contributed by atoms with E-state index in [0.717, 1.165) is 41.8 Å². The number of aromatic nitrogens is 6. The first-order chi connectivity index (χ1) is 15.7. The summed E-state index contributed by atoms with van der Waals surface area (Å²) in [5, 5.41) is 12.9. The fraction of sp³-hybridized carbons (Fsp3) is 0.364. The molecule has 0 aliphatic carbocycles. The number of hydrogen-bond donors (Lipinski definition) is 0. The Morgan fingerprint density at radius 2 is 1.85 bits per heavy atom. The third kappa shape index (κ3) is 4.81. The summed E-state index contributed by atoms with van der Waals surface area (Å²) in [5.41, 5.74) is 1.75. The minimum atomic E-state index is -4.65. The number of nitrogens with zero attached hydrogens (tertiary/aromatic N) is 7. The van der Waals surface area contributed by atoms with Crippen molar-refractivity contribution in [1.82, 2.24) is 29.8 Å². The molecule has 0 saturated heterocycles. The Morgan fingerprint density at radius 1 is 1.06 bits per heavy atom. The van der Waals surface area contributed by atoms with E-state index in [0.29, 0.717) is 11.6 Å².